The van der Waals surface area contributed by atoms with Crippen molar-refractivity contribution in [2.24, 2.45) is 5.92 Å². The van der Waals surface area contributed by atoms with Gasteiger partial charge in [0, 0.05) is 13.1 Å². The van der Waals surface area contributed by atoms with Crippen LogP contribution >= 0.6 is 11.6 Å². The molecule has 0 radical (unpaired) electrons. The van der Waals surface area contributed by atoms with Crippen LogP contribution in [-0.2, 0) is 0 Å². The summed E-state index contributed by atoms with van der Waals surface area (Å²) in [5.74, 6) is 2.21. The van der Waals surface area contributed by atoms with Crippen molar-refractivity contribution in [1.29, 1.82) is 0 Å². The van der Waals surface area contributed by atoms with E-state index in [9.17, 15) is 0 Å². The van der Waals surface area contributed by atoms with E-state index in [0.29, 0.717) is 10.9 Å². The Morgan fingerprint density at radius 2 is 2.24 bits per heavy atom. The number of aromatic nitrogens is 2. The summed E-state index contributed by atoms with van der Waals surface area (Å²) in [5.41, 5.74) is 0. The maximum absolute atomic E-state index is 6.02. The van der Waals surface area contributed by atoms with Crippen LogP contribution in [0.15, 0.2) is 6.33 Å². The summed E-state index contributed by atoms with van der Waals surface area (Å²) < 4.78 is 5.31. The van der Waals surface area contributed by atoms with Crippen LogP contribution in [0.5, 0.6) is 5.75 Å². The van der Waals surface area contributed by atoms with Crippen molar-refractivity contribution < 1.29 is 4.74 Å². The fourth-order valence-corrected chi connectivity index (χ4v) is 2.12. The molecule has 1 aromatic heterocycles. The Hall–Kier alpha value is -1.03. The Morgan fingerprint density at radius 3 is 2.82 bits per heavy atom. The zero-order valence-corrected chi connectivity index (χ0v) is 11.1. The second-order valence-corrected chi connectivity index (χ2v) is 4.77. The minimum atomic E-state index is 0.384. The fourth-order valence-electron chi connectivity index (χ4n) is 1.91. The van der Waals surface area contributed by atoms with Gasteiger partial charge in [-0.2, -0.15) is 0 Å². The largest absolute Gasteiger partial charge is 0.490 e. The topological polar surface area (TPSA) is 38.2 Å². The average molecular weight is 256 g/mol. The van der Waals surface area contributed by atoms with Crippen LogP contribution in [0.1, 0.15) is 26.2 Å². The normalized spacial score (nSPS) is 14.8. The van der Waals surface area contributed by atoms with Gasteiger partial charge in [0.2, 0.25) is 0 Å². The molecular weight excluding hydrogens is 238 g/mol. The number of hydrogen-bond donors (Lipinski definition) is 0. The molecule has 0 atom stereocenters. The van der Waals surface area contributed by atoms with Gasteiger partial charge in [0.15, 0.2) is 16.7 Å². The highest BCUT2D eigenvalue weighted by Crippen LogP contribution is 2.35. The molecule has 1 aromatic rings. The summed E-state index contributed by atoms with van der Waals surface area (Å²) in [5, 5.41) is 0.384. The Bertz CT molecular complexity index is 382. The van der Waals surface area contributed by atoms with Gasteiger partial charge in [-0.05, 0) is 25.2 Å². The maximum atomic E-state index is 6.02. The lowest BCUT2D eigenvalue weighted by atomic mass is 10.3. The summed E-state index contributed by atoms with van der Waals surface area (Å²) in [7, 11) is 1.61. The predicted octanol–water partition coefficient (Wildman–Crippen LogP) is 2.77. The van der Waals surface area contributed by atoms with Crippen molar-refractivity contribution in [1.82, 2.24) is 9.97 Å². The van der Waals surface area contributed by atoms with Crippen molar-refractivity contribution in [2.45, 2.75) is 26.2 Å². The number of rotatable bonds is 6. The molecule has 0 saturated heterocycles. The third-order valence-corrected chi connectivity index (χ3v) is 3.18. The van der Waals surface area contributed by atoms with E-state index < -0.39 is 0 Å². The first-order valence-corrected chi connectivity index (χ1v) is 6.43. The van der Waals surface area contributed by atoms with Crippen molar-refractivity contribution in [3.63, 3.8) is 0 Å². The van der Waals surface area contributed by atoms with E-state index in [1.54, 1.807) is 7.11 Å². The van der Waals surface area contributed by atoms with E-state index in [-0.39, 0.29) is 0 Å². The molecule has 0 aliphatic heterocycles. The molecule has 4 nitrogen and oxygen atoms in total. The number of nitrogens with zero attached hydrogens (tertiary/aromatic N) is 3. The van der Waals surface area contributed by atoms with E-state index in [2.05, 4.69) is 21.8 Å². The maximum Gasteiger partial charge on any atom is 0.199 e. The Kier molecular flexibility index (Phi) is 4.05. The second kappa shape index (κ2) is 5.54. The summed E-state index contributed by atoms with van der Waals surface area (Å²) in [6.45, 7) is 4.17. The van der Waals surface area contributed by atoms with Gasteiger partial charge in [-0.3, -0.25) is 0 Å². The fraction of sp³-hybridized carbons (Fsp3) is 0.667. The van der Waals surface area contributed by atoms with E-state index in [1.165, 1.54) is 19.2 Å². The SMILES string of the molecule is CCCN(CC1CC1)c1ncnc(Cl)c1OC. The molecule has 0 spiro atoms. The van der Waals surface area contributed by atoms with E-state index in [0.717, 1.165) is 31.2 Å². The Morgan fingerprint density at radius 1 is 1.47 bits per heavy atom. The molecule has 1 fully saturated rings. The molecule has 1 aliphatic carbocycles. The first kappa shape index (κ1) is 12.4. The number of halogens is 1. The highest BCUT2D eigenvalue weighted by molar-refractivity contribution is 6.31. The molecule has 94 valence electrons. The number of methoxy groups -OCH3 is 1. The second-order valence-electron chi connectivity index (χ2n) is 4.41. The smallest absolute Gasteiger partial charge is 0.199 e. The lowest BCUT2D eigenvalue weighted by Crippen LogP contribution is -2.28. The Labute approximate surface area is 107 Å². The van der Waals surface area contributed by atoms with E-state index in [4.69, 9.17) is 16.3 Å². The third kappa shape index (κ3) is 3.00. The van der Waals surface area contributed by atoms with Crippen molar-refractivity contribution >= 4 is 17.4 Å². The molecule has 1 aliphatic rings. The molecule has 0 aromatic carbocycles. The number of anilines is 1. The lowest BCUT2D eigenvalue weighted by Gasteiger charge is -2.24. The first-order chi connectivity index (χ1) is 8.26. The lowest BCUT2D eigenvalue weighted by molar-refractivity contribution is 0.410. The van der Waals surface area contributed by atoms with Crippen LogP contribution in [-0.4, -0.2) is 30.2 Å². The van der Waals surface area contributed by atoms with E-state index >= 15 is 0 Å². The van der Waals surface area contributed by atoms with Gasteiger partial charge >= 0.3 is 0 Å². The zero-order valence-electron chi connectivity index (χ0n) is 10.3. The average Bonchev–Trinajstić information content (AvgIpc) is 3.12. The van der Waals surface area contributed by atoms with Crippen molar-refractivity contribution in [3.05, 3.63) is 11.5 Å². The molecule has 1 heterocycles. The number of ether oxygens (including phenoxy) is 1. The summed E-state index contributed by atoms with van der Waals surface area (Å²) in [6, 6.07) is 0. The van der Waals surface area contributed by atoms with Crippen LogP contribution in [0.4, 0.5) is 5.82 Å². The third-order valence-electron chi connectivity index (χ3n) is 2.91. The van der Waals surface area contributed by atoms with Gasteiger partial charge < -0.3 is 9.64 Å². The molecule has 0 bridgehead atoms. The standard InChI is InChI=1S/C12H18ClN3O/c1-3-6-16(7-9-4-5-9)12-10(17-2)11(13)14-8-15-12/h8-9H,3-7H2,1-2H3. The quantitative estimate of drug-likeness (QED) is 0.733. The predicted molar refractivity (Wildman–Crippen MR) is 68.8 cm³/mol. The van der Waals surface area contributed by atoms with Gasteiger partial charge in [-0.1, -0.05) is 18.5 Å². The zero-order chi connectivity index (χ0) is 12.3. The minimum Gasteiger partial charge on any atom is -0.490 e. The first-order valence-electron chi connectivity index (χ1n) is 6.05. The molecular formula is C12H18ClN3O. The molecule has 0 N–H and O–H groups in total. The van der Waals surface area contributed by atoms with Crippen LogP contribution in [0.2, 0.25) is 5.15 Å². The monoisotopic (exact) mass is 255 g/mol. The van der Waals surface area contributed by atoms with Gasteiger partial charge in [0.1, 0.15) is 6.33 Å². The molecule has 0 unspecified atom stereocenters. The van der Waals surface area contributed by atoms with E-state index in [1.807, 2.05) is 0 Å². The van der Waals surface area contributed by atoms with Gasteiger partial charge in [-0.15, -0.1) is 0 Å². The summed E-state index contributed by atoms with van der Waals surface area (Å²) in [4.78, 5) is 10.5. The molecule has 0 amide bonds. The van der Waals surface area contributed by atoms with Gasteiger partial charge in [0.25, 0.3) is 0 Å². The summed E-state index contributed by atoms with van der Waals surface area (Å²) >= 11 is 6.02. The Balaban J connectivity index is 2.23. The highest BCUT2D eigenvalue weighted by atomic mass is 35.5. The van der Waals surface area contributed by atoms with Crippen molar-refractivity contribution in [3.8, 4) is 5.75 Å². The highest BCUT2D eigenvalue weighted by Gasteiger charge is 2.26. The minimum absolute atomic E-state index is 0.384. The molecule has 2 rings (SSSR count). The van der Waals surface area contributed by atoms with Crippen LogP contribution < -0.4 is 9.64 Å². The summed E-state index contributed by atoms with van der Waals surface area (Å²) in [6.07, 6.45) is 5.22. The van der Waals surface area contributed by atoms with Crippen molar-refractivity contribution in [2.75, 3.05) is 25.1 Å². The van der Waals surface area contributed by atoms with Gasteiger partial charge in [-0.25, -0.2) is 9.97 Å². The van der Waals surface area contributed by atoms with Crippen LogP contribution in [0, 0.1) is 5.92 Å². The van der Waals surface area contributed by atoms with Crippen LogP contribution in [0.3, 0.4) is 0 Å². The molecule has 17 heavy (non-hydrogen) atoms. The molecule has 5 heteroatoms. The van der Waals surface area contributed by atoms with Crippen LogP contribution in [0.25, 0.3) is 0 Å². The van der Waals surface area contributed by atoms with Gasteiger partial charge in [0.05, 0.1) is 7.11 Å². The number of hydrogen-bond acceptors (Lipinski definition) is 4. The molecule has 1 saturated carbocycles.